The van der Waals surface area contributed by atoms with Gasteiger partial charge in [0.2, 0.25) is 0 Å². The maximum absolute atomic E-state index is 13.4. The van der Waals surface area contributed by atoms with Crippen LogP contribution in [-0.2, 0) is 13.1 Å². The molecule has 0 saturated heterocycles. The van der Waals surface area contributed by atoms with Crippen LogP contribution in [0.5, 0.6) is 0 Å². The molecule has 2 amide bonds. The van der Waals surface area contributed by atoms with Crippen LogP contribution in [0.3, 0.4) is 0 Å². The number of amides is 2. The molecule has 2 aromatic heterocycles. The van der Waals surface area contributed by atoms with Crippen LogP contribution < -0.4 is 5.32 Å². The van der Waals surface area contributed by atoms with E-state index in [2.05, 4.69) is 70.3 Å². The van der Waals surface area contributed by atoms with Crippen molar-refractivity contribution in [2.45, 2.75) is 45.7 Å². The Morgan fingerprint density at radius 2 is 1.58 bits per heavy atom. The highest BCUT2D eigenvalue weighted by Crippen LogP contribution is 2.27. The lowest BCUT2D eigenvalue weighted by molar-refractivity contribution is 0.0738. The van der Waals surface area contributed by atoms with Crippen molar-refractivity contribution in [1.29, 1.82) is 0 Å². The molecule has 220 valence electrons. The minimum atomic E-state index is -0.159. The molecule has 5 rings (SSSR count). The van der Waals surface area contributed by atoms with Crippen LogP contribution in [0.1, 0.15) is 73.9 Å². The van der Waals surface area contributed by atoms with Crippen molar-refractivity contribution in [2.24, 2.45) is 0 Å². The number of thiazole rings is 1. The number of carbonyl (C=O) groups is 2. The Balaban J connectivity index is 1.20. The van der Waals surface area contributed by atoms with Crippen LogP contribution in [-0.4, -0.2) is 39.4 Å². The smallest absolute Gasteiger partial charge is 0.270 e. The summed E-state index contributed by atoms with van der Waals surface area (Å²) in [6, 6.07) is 32.6. The molecule has 1 N–H and O–H groups in total. The highest BCUT2D eigenvalue weighted by molar-refractivity contribution is 7.09. The molecule has 0 fully saturated rings. The lowest BCUT2D eigenvalue weighted by Crippen LogP contribution is -2.32. The first-order chi connectivity index (χ1) is 21.0. The second-order valence-corrected chi connectivity index (χ2v) is 11.7. The minimum Gasteiger partial charge on any atom is -0.351 e. The first-order valence-corrected chi connectivity index (χ1v) is 15.7. The molecule has 0 aliphatic heterocycles. The van der Waals surface area contributed by atoms with E-state index in [1.54, 1.807) is 0 Å². The summed E-state index contributed by atoms with van der Waals surface area (Å²) >= 11 is 1.48. The second kappa shape index (κ2) is 14.6. The van der Waals surface area contributed by atoms with Gasteiger partial charge in [-0.2, -0.15) is 0 Å². The van der Waals surface area contributed by atoms with Crippen LogP contribution in [0.2, 0.25) is 0 Å². The Morgan fingerprint density at radius 3 is 2.26 bits per heavy atom. The maximum atomic E-state index is 13.4. The molecule has 0 aliphatic rings. The van der Waals surface area contributed by atoms with Gasteiger partial charge in [-0.1, -0.05) is 85.8 Å². The quantitative estimate of drug-likeness (QED) is 0.156. The normalized spacial score (nSPS) is 11.0. The van der Waals surface area contributed by atoms with E-state index >= 15 is 0 Å². The third kappa shape index (κ3) is 7.67. The SMILES string of the molecule is CCCN(Cc1cccn1Cc1nc(C(=O)NCCC(c2ccccc2)c2ccccc2)cs1)C(=O)c1ccccc1C. The monoisotopic (exact) mass is 590 g/mol. The van der Waals surface area contributed by atoms with E-state index in [9.17, 15) is 9.59 Å². The molecule has 0 aliphatic carbocycles. The molecule has 0 unspecified atom stereocenters. The molecule has 7 heteroatoms. The predicted molar refractivity (Wildman–Crippen MR) is 174 cm³/mol. The third-order valence-corrected chi connectivity index (χ3v) is 8.48. The van der Waals surface area contributed by atoms with Gasteiger partial charge in [0, 0.05) is 41.8 Å². The fraction of sp³-hybridized carbons (Fsp3) is 0.250. The van der Waals surface area contributed by atoms with Crippen molar-refractivity contribution in [3.63, 3.8) is 0 Å². The number of carbonyl (C=O) groups excluding carboxylic acids is 2. The predicted octanol–water partition coefficient (Wildman–Crippen LogP) is 7.31. The molecule has 3 aromatic carbocycles. The Labute approximate surface area is 258 Å². The van der Waals surface area contributed by atoms with Gasteiger partial charge in [0.15, 0.2) is 0 Å². The molecule has 6 nitrogen and oxygen atoms in total. The summed E-state index contributed by atoms with van der Waals surface area (Å²) in [5.74, 6) is 0.0848. The topological polar surface area (TPSA) is 67.2 Å². The molecule has 43 heavy (non-hydrogen) atoms. The number of aryl methyl sites for hydroxylation is 1. The largest absolute Gasteiger partial charge is 0.351 e. The zero-order valence-electron chi connectivity index (χ0n) is 24.8. The van der Waals surface area contributed by atoms with Gasteiger partial charge < -0.3 is 14.8 Å². The first kappa shape index (κ1) is 30.0. The van der Waals surface area contributed by atoms with Crippen LogP contribution in [0.4, 0.5) is 0 Å². The number of nitrogens with zero attached hydrogens (tertiary/aromatic N) is 3. The van der Waals surface area contributed by atoms with E-state index in [0.717, 1.165) is 34.7 Å². The number of benzene rings is 3. The average Bonchev–Trinajstić information content (AvgIpc) is 3.69. The summed E-state index contributed by atoms with van der Waals surface area (Å²) in [5.41, 5.74) is 5.66. The fourth-order valence-electron chi connectivity index (χ4n) is 5.40. The average molecular weight is 591 g/mol. The Morgan fingerprint density at radius 1 is 0.907 bits per heavy atom. The lowest BCUT2D eigenvalue weighted by atomic mass is 9.88. The highest BCUT2D eigenvalue weighted by atomic mass is 32.1. The van der Waals surface area contributed by atoms with Gasteiger partial charge in [-0.15, -0.1) is 11.3 Å². The molecule has 5 aromatic rings. The maximum Gasteiger partial charge on any atom is 0.270 e. The van der Waals surface area contributed by atoms with Crippen molar-refractivity contribution in [3.8, 4) is 0 Å². The minimum absolute atomic E-state index is 0.0441. The van der Waals surface area contributed by atoms with Crippen molar-refractivity contribution >= 4 is 23.2 Å². The Bertz CT molecular complexity index is 1590. The van der Waals surface area contributed by atoms with Gasteiger partial charge in [-0.05, 0) is 54.7 Å². The van der Waals surface area contributed by atoms with E-state index in [1.807, 2.05) is 71.9 Å². The van der Waals surface area contributed by atoms with Gasteiger partial charge in [-0.3, -0.25) is 9.59 Å². The van der Waals surface area contributed by atoms with E-state index in [1.165, 1.54) is 22.5 Å². The number of rotatable bonds is 13. The molecule has 0 radical (unpaired) electrons. The molecule has 0 bridgehead atoms. The summed E-state index contributed by atoms with van der Waals surface area (Å²) in [6.07, 6.45) is 3.67. The number of hydrogen-bond donors (Lipinski definition) is 1. The Hall–Kier alpha value is -4.49. The van der Waals surface area contributed by atoms with Gasteiger partial charge in [0.1, 0.15) is 10.7 Å². The van der Waals surface area contributed by atoms with Crippen LogP contribution in [0.15, 0.2) is 109 Å². The fourth-order valence-corrected chi connectivity index (χ4v) is 6.17. The molecular formula is C36H38N4O2S. The van der Waals surface area contributed by atoms with Crippen LogP contribution >= 0.6 is 11.3 Å². The third-order valence-electron chi connectivity index (χ3n) is 7.65. The zero-order valence-corrected chi connectivity index (χ0v) is 25.6. The lowest BCUT2D eigenvalue weighted by Gasteiger charge is -2.24. The standard InChI is InChI=1S/C36H38N4O2S/c1-3-22-40(36(42)31-19-11-10-13-27(31)2)24-30-18-12-23-39(30)25-34-38-33(26-43-34)35(41)37-21-20-32(28-14-6-4-7-15-28)29-16-8-5-9-17-29/h4-19,23,26,32H,3,20-22,24-25H2,1-2H3,(H,37,41). The number of hydrogen-bond acceptors (Lipinski definition) is 4. The molecule has 0 saturated carbocycles. The molecule has 0 atom stereocenters. The van der Waals surface area contributed by atoms with Crippen molar-refractivity contribution in [2.75, 3.05) is 13.1 Å². The molecule has 2 heterocycles. The second-order valence-electron chi connectivity index (χ2n) is 10.7. The van der Waals surface area contributed by atoms with E-state index in [4.69, 9.17) is 0 Å². The van der Waals surface area contributed by atoms with Crippen LogP contribution in [0.25, 0.3) is 0 Å². The highest BCUT2D eigenvalue weighted by Gasteiger charge is 2.20. The van der Waals surface area contributed by atoms with Gasteiger partial charge >= 0.3 is 0 Å². The summed E-state index contributed by atoms with van der Waals surface area (Å²) in [5, 5.41) is 5.75. The van der Waals surface area contributed by atoms with Crippen LogP contribution in [0, 0.1) is 6.92 Å². The number of nitrogens with one attached hydrogen (secondary N) is 1. The van der Waals surface area contributed by atoms with Gasteiger partial charge in [-0.25, -0.2) is 4.98 Å². The summed E-state index contributed by atoms with van der Waals surface area (Å²) < 4.78 is 2.11. The molecule has 0 spiro atoms. The summed E-state index contributed by atoms with van der Waals surface area (Å²) in [4.78, 5) is 33.0. The summed E-state index contributed by atoms with van der Waals surface area (Å²) in [7, 11) is 0. The summed E-state index contributed by atoms with van der Waals surface area (Å²) in [6.45, 7) is 6.34. The first-order valence-electron chi connectivity index (χ1n) is 14.8. The number of aromatic nitrogens is 2. The van der Waals surface area contributed by atoms with E-state index < -0.39 is 0 Å². The Kier molecular flexibility index (Phi) is 10.2. The molecular weight excluding hydrogens is 552 g/mol. The van der Waals surface area contributed by atoms with Crippen molar-refractivity contribution < 1.29 is 9.59 Å². The van der Waals surface area contributed by atoms with Gasteiger partial charge in [0.25, 0.3) is 11.8 Å². The van der Waals surface area contributed by atoms with E-state index in [0.29, 0.717) is 31.9 Å². The van der Waals surface area contributed by atoms with E-state index in [-0.39, 0.29) is 17.7 Å². The van der Waals surface area contributed by atoms with Gasteiger partial charge in [0.05, 0.1) is 13.1 Å². The zero-order chi connectivity index (χ0) is 30.0. The van der Waals surface area contributed by atoms with Crippen molar-refractivity contribution in [3.05, 3.63) is 147 Å². The van der Waals surface area contributed by atoms with Crippen molar-refractivity contribution in [1.82, 2.24) is 19.8 Å².